The predicted molar refractivity (Wildman–Crippen MR) is 141 cm³/mol. The minimum absolute atomic E-state index is 0.144. The van der Waals surface area contributed by atoms with Gasteiger partial charge in [-0.2, -0.15) is 0 Å². The number of furan rings is 1. The van der Waals surface area contributed by atoms with Crippen molar-refractivity contribution in [2.24, 2.45) is 0 Å². The van der Waals surface area contributed by atoms with Crippen molar-refractivity contribution in [1.29, 1.82) is 0 Å². The minimum atomic E-state index is -0.470. The lowest BCUT2D eigenvalue weighted by Gasteiger charge is -2.19. The Bertz CT molecular complexity index is 1420. The molecule has 0 fully saturated rings. The number of fused-ring (bicyclic) bond motifs is 1. The molecule has 0 saturated carbocycles. The number of methoxy groups -OCH3 is 2. The predicted octanol–water partition coefficient (Wildman–Crippen LogP) is 5.13. The number of anilines is 1. The van der Waals surface area contributed by atoms with Crippen LogP contribution in [-0.2, 0) is 17.8 Å². The van der Waals surface area contributed by atoms with E-state index < -0.39 is 5.25 Å². The van der Waals surface area contributed by atoms with Crippen LogP contribution in [0.3, 0.4) is 0 Å². The summed E-state index contributed by atoms with van der Waals surface area (Å²) in [6.45, 7) is 4.17. The maximum atomic E-state index is 13.6. The third kappa shape index (κ3) is 5.26. The topological polar surface area (TPSA) is 95.6 Å². The number of carbonyl (C=O) groups excluding carboxylic acids is 1. The van der Waals surface area contributed by atoms with Gasteiger partial charge in [-0.25, -0.2) is 4.98 Å². The minimum Gasteiger partial charge on any atom is -0.493 e. The molecule has 0 aliphatic rings. The molecule has 188 valence electrons. The summed E-state index contributed by atoms with van der Waals surface area (Å²) in [7, 11) is 3.05. The lowest BCUT2D eigenvalue weighted by Crippen LogP contribution is -2.28. The Hall–Kier alpha value is -3.72. The molecule has 4 rings (SSSR count). The molecule has 2 aromatic heterocycles. The second-order valence-corrected chi connectivity index (χ2v) is 9.27. The lowest BCUT2D eigenvalue weighted by molar-refractivity contribution is -0.115. The van der Waals surface area contributed by atoms with Gasteiger partial charge in [-0.1, -0.05) is 43.8 Å². The summed E-state index contributed by atoms with van der Waals surface area (Å²) < 4.78 is 17.8. The number of nitrogens with zero attached hydrogens (tertiary/aromatic N) is 2. The zero-order valence-corrected chi connectivity index (χ0v) is 21.6. The number of ether oxygens (including phenoxy) is 2. The van der Waals surface area contributed by atoms with Crippen molar-refractivity contribution in [2.75, 3.05) is 19.5 Å². The fourth-order valence-electron chi connectivity index (χ4n) is 3.93. The number of aromatic nitrogens is 2. The normalized spacial score (nSPS) is 11.9. The van der Waals surface area contributed by atoms with Crippen LogP contribution < -0.4 is 20.3 Å². The highest BCUT2D eigenvalue weighted by atomic mass is 32.2. The highest BCUT2D eigenvalue weighted by molar-refractivity contribution is 8.00. The molecule has 0 aliphatic heterocycles. The van der Waals surface area contributed by atoms with Gasteiger partial charge in [0.05, 0.1) is 43.2 Å². The van der Waals surface area contributed by atoms with E-state index in [-0.39, 0.29) is 18.0 Å². The quantitative estimate of drug-likeness (QED) is 0.235. The van der Waals surface area contributed by atoms with E-state index in [2.05, 4.69) is 5.32 Å². The first kappa shape index (κ1) is 25.4. The van der Waals surface area contributed by atoms with Crippen LogP contribution in [0.5, 0.6) is 11.5 Å². The average Bonchev–Trinajstić information content (AvgIpc) is 3.42. The summed E-state index contributed by atoms with van der Waals surface area (Å²) in [6.07, 6.45) is 2.91. The zero-order chi connectivity index (χ0) is 25.7. The van der Waals surface area contributed by atoms with Gasteiger partial charge in [0.2, 0.25) is 5.91 Å². The Balaban J connectivity index is 1.75. The van der Waals surface area contributed by atoms with Gasteiger partial charge in [-0.15, -0.1) is 0 Å². The number of benzene rings is 2. The molecule has 1 amide bonds. The number of hydrogen-bond donors (Lipinski definition) is 1. The largest absolute Gasteiger partial charge is 0.493 e. The standard InChI is InChI=1S/C27H29N3O5S/c1-5-17-10-7-8-12-20(17)28-25(31)24(6-2)36-27-29-21-15-23(34-4)22(33-3)14-19(21)26(32)30(27)16-18-11-9-13-35-18/h7-15,24H,5-6,16H2,1-4H3,(H,28,31)/t24-/m1/s1. The van der Waals surface area contributed by atoms with Gasteiger partial charge in [0.25, 0.3) is 5.56 Å². The van der Waals surface area contributed by atoms with Crippen molar-refractivity contribution >= 4 is 34.3 Å². The Morgan fingerprint density at radius 2 is 1.86 bits per heavy atom. The van der Waals surface area contributed by atoms with Crippen molar-refractivity contribution in [3.63, 3.8) is 0 Å². The van der Waals surface area contributed by atoms with Crippen LogP contribution in [0.15, 0.2) is 69.2 Å². The monoisotopic (exact) mass is 507 g/mol. The summed E-state index contributed by atoms with van der Waals surface area (Å²) in [5, 5.41) is 3.39. The van der Waals surface area contributed by atoms with Gasteiger partial charge in [0.1, 0.15) is 5.76 Å². The van der Waals surface area contributed by atoms with E-state index in [1.807, 2.05) is 38.1 Å². The SMILES string of the molecule is CCc1ccccc1NC(=O)[C@@H](CC)Sc1nc2cc(OC)c(OC)cc2c(=O)n1Cc1ccco1. The van der Waals surface area contributed by atoms with E-state index in [9.17, 15) is 9.59 Å². The maximum absolute atomic E-state index is 13.6. The molecule has 4 aromatic rings. The summed E-state index contributed by atoms with van der Waals surface area (Å²) >= 11 is 1.26. The van der Waals surface area contributed by atoms with Crippen molar-refractivity contribution in [1.82, 2.24) is 9.55 Å². The molecule has 0 saturated heterocycles. The Morgan fingerprint density at radius 1 is 1.11 bits per heavy atom. The molecule has 36 heavy (non-hydrogen) atoms. The van der Waals surface area contributed by atoms with Crippen LogP contribution in [0, 0.1) is 0 Å². The van der Waals surface area contributed by atoms with Crippen LogP contribution in [0.25, 0.3) is 10.9 Å². The third-order valence-electron chi connectivity index (χ3n) is 5.89. The fraction of sp³-hybridized carbons (Fsp3) is 0.296. The molecule has 0 bridgehead atoms. The first-order valence-electron chi connectivity index (χ1n) is 11.7. The van der Waals surface area contributed by atoms with Crippen LogP contribution in [0.4, 0.5) is 5.69 Å². The molecule has 8 nitrogen and oxygen atoms in total. The molecular formula is C27H29N3O5S. The second kappa shape index (κ2) is 11.3. The summed E-state index contributed by atoms with van der Waals surface area (Å²) in [5.41, 5.74) is 2.06. The van der Waals surface area contributed by atoms with E-state index in [1.54, 1.807) is 30.5 Å². The van der Waals surface area contributed by atoms with Gasteiger partial charge in [-0.05, 0) is 42.7 Å². The summed E-state index contributed by atoms with van der Waals surface area (Å²) in [5.74, 6) is 1.37. The molecule has 2 heterocycles. The number of aryl methyl sites for hydroxylation is 1. The summed E-state index contributed by atoms with van der Waals surface area (Å²) in [4.78, 5) is 31.7. The van der Waals surface area contributed by atoms with Gasteiger partial charge in [0.15, 0.2) is 16.7 Å². The van der Waals surface area contributed by atoms with Crippen LogP contribution >= 0.6 is 11.8 Å². The first-order chi connectivity index (χ1) is 17.5. The molecule has 0 spiro atoms. The van der Waals surface area contributed by atoms with Crippen LogP contribution in [0.1, 0.15) is 31.6 Å². The van der Waals surface area contributed by atoms with Crippen molar-refractivity contribution in [3.05, 3.63) is 76.5 Å². The first-order valence-corrected chi connectivity index (χ1v) is 12.6. The second-order valence-electron chi connectivity index (χ2n) is 8.10. The van der Waals surface area contributed by atoms with Crippen molar-refractivity contribution in [2.45, 2.75) is 43.6 Å². The van der Waals surface area contributed by atoms with Crippen molar-refractivity contribution in [3.8, 4) is 11.5 Å². The number of nitrogens with one attached hydrogen (secondary N) is 1. The molecule has 1 N–H and O–H groups in total. The van der Waals surface area contributed by atoms with E-state index in [0.29, 0.717) is 39.7 Å². The van der Waals surface area contributed by atoms with Gasteiger partial charge in [0, 0.05) is 11.8 Å². The summed E-state index contributed by atoms with van der Waals surface area (Å²) in [6, 6.07) is 14.6. The number of thioether (sulfide) groups is 1. The van der Waals surface area contributed by atoms with E-state index in [0.717, 1.165) is 17.7 Å². The number of para-hydroxylation sites is 1. The molecular weight excluding hydrogens is 478 g/mol. The Morgan fingerprint density at radius 3 is 2.53 bits per heavy atom. The van der Waals surface area contributed by atoms with E-state index in [4.69, 9.17) is 18.9 Å². The number of rotatable bonds is 10. The zero-order valence-electron chi connectivity index (χ0n) is 20.7. The van der Waals surface area contributed by atoms with E-state index >= 15 is 0 Å². The van der Waals surface area contributed by atoms with Crippen molar-refractivity contribution < 1.29 is 18.7 Å². The molecule has 0 radical (unpaired) electrons. The Kier molecular flexibility index (Phi) is 8.00. The average molecular weight is 508 g/mol. The lowest BCUT2D eigenvalue weighted by atomic mass is 10.1. The molecule has 9 heteroatoms. The molecule has 2 aromatic carbocycles. The molecule has 1 atom stereocenters. The van der Waals surface area contributed by atoms with Gasteiger partial charge in [-0.3, -0.25) is 14.2 Å². The maximum Gasteiger partial charge on any atom is 0.262 e. The third-order valence-corrected chi connectivity index (χ3v) is 7.24. The van der Waals surface area contributed by atoms with Gasteiger partial charge < -0.3 is 19.2 Å². The highest BCUT2D eigenvalue weighted by Crippen LogP contribution is 2.32. The van der Waals surface area contributed by atoms with Crippen LogP contribution in [0.2, 0.25) is 0 Å². The van der Waals surface area contributed by atoms with Crippen LogP contribution in [-0.4, -0.2) is 34.9 Å². The smallest absolute Gasteiger partial charge is 0.262 e. The molecule has 0 aliphatic carbocycles. The van der Waals surface area contributed by atoms with E-state index in [1.165, 1.54) is 30.5 Å². The number of amides is 1. The number of carbonyl (C=O) groups is 1. The van der Waals surface area contributed by atoms with Gasteiger partial charge >= 0.3 is 0 Å². The Labute approximate surface area is 213 Å². The number of hydrogen-bond acceptors (Lipinski definition) is 7. The highest BCUT2D eigenvalue weighted by Gasteiger charge is 2.24. The molecule has 0 unspecified atom stereocenters. The fourth-order valence-corrected chi connectivity index (χ4v) is 4.94.